The Morgan fingerprint density at radius 3 is 3.00 bits per heavy atom. The van der Waals surface area contributed by atoms with E-state index >= 15 is 0 Å². The molecule has 0 aromatic carbocycles. The molecule has 5 nitrogen and oxygen atoms in total. The summed E-state index contributed by atoms with van der Waals surface area (Å²) in [6.07, 6.45) is 2.87. The number of imidazole rings is 1. The number of carboxylic acids is 1. The number of carbonyl (C=O) groups is 1. The van der Waals surface area contributed by atoms with Gasteiger partial charge in [-0.3, -0.25) is 0 Å². The number of aromatic amines is 1. The molecular weight excluding hydrogens is 196 g/mol. The van der Waals surface area contributed by atoms with E-state index in [9.17, 15) is 4.79 Å². The average molecular weight is 207 g/mol. The molecular formula is C7H11ClN2O3. The van der Waals surface area contributed by atoms with Crippen LogP contribution in [0.2, 0.25) is 0 Å². The van der Waals surface area contributed by atoms with Gasteiger partial charge in [0.25, 0.3) is 0 Å². The third kappa shape index (κ3) is 3.91. The van der Waals surface area contributed by atoms with E-state index in [1.54, 1.807) is 13.1 Å². The summed E-state index contributed by atoms with van der Waals surface area (Å²) in [5, 5.41) is 8.31. The molecule has 13 heavy (non-hydrogen) atoms. The summed E-state index contributed by atoms with van der Waals surface area (Å²) in [7, 11) is 0. The van der Waals surface area contributed by atoms with Crippen molar-refractivity contribution in [3.05, 3.63) is 18.2 Å². The highest BCUT2D eigenvalue weighted by atomic mass is 35.5. The van der Waals surface area contributed by atoms with Gasteiger partial charge in [0.15, 0.2) is 0 Å². The van der Waals surface area contributed by atoms with Crippen LogP contribution in [0.15, 0.2) is 12.5 Å². The van der Waals surface area contributed by atoms with Crippen LogP contribution in [0.25, 0.3) is 0 Å². The molecule has 1 unspecified atom stereocenters. The highest BCUT2D eigenvalue weighted by Crippen LogP contribution is 2.11. The molecule has 1 rings (SSSR count). The van der Waals surface area contributed by atoms with Crippen LogP contribution in [0.1, 0.15) is 18.7 Å². The maximum absolute atomic E-state index is 10.1. The number of hydrogen-bond donors (Lipinski definition) is 2. The Morgan fingerprint density at radius 2 is 2.54 bits per heavy atom. The maximum Gasteiger partial charge on any atom is 0.329 e. The number of aromatic nitrogens is 2. The molecule has 1 aromatic rings. The number of nitrogens with zero attached hydrogens (tertiary/aromatic N) is 1. The Balaban J connectivity index is 0.00000144. The Bertz CT molecular complexity index is 250. The van der Waals surface area contributed by atoms with Crippen LogP contribution in [0.5, 0.6) is 0 Å². The van der Waals surface area contributed by atoms with E-state index in [2.05, 4.69) is 9.97 Å². The zero-order chi connectivity index (χ0) is 8.97. The molecule has 74 valence electrons. The first-order valence-corrected chi connectivity index (χ1v) is 3.52. The summed E-state index contributed by atoms with van der Waals surface area (Å²) >= 11 is 0. The molecule has 2 N–H and O–H groups in total. The fourth-order valence-electron chi connectivity index (χ4n) is 0.775. The number of rotatable bonds is 4. The monoisotopic (exact) mass is 206 g/mol. The van der Waals surface area contributed by atoms with Gasteiger partial charge in [-0.05, 0) is 6.92 Å². The minimum atomic E-state index is -0.971. The molecule has 0 aliphatic carbocycles. The van der Waals surface area contributed by atoms with Gasteiger partial charge in [0.2, 0.25) is 0 Å². The zero-order valence-corrected chi connectivity index (χ0v) is 7.87. The summed E-state index contributed by atoms with van der Waals surface area (Å²) in [5.74, 6) is -0.971. The van der Waals surface area contributed by atoms with E-state index in [1.807, 2.05) is 0 Å². The summed E-state index contributed by atoms with van der Waals surface area (Å²) in [6.45, 7) is 1.47. The van der Waals surface area contributed by atoms with E-state index in [-0.39, 0.29) is 25.1 Å². The lowest BCUT2D eigenvalue weighted by atomic mass is 10.3. The Labute approximate surface area is 81.5 Å². The standard InChI is InChI=1S/C7H10N2O3.ClH/c1-5(12-3-7(10)11)6-2-8-4-9-6;/h2,4-5H,3H2,1H3,(H,8,9)(H,10,11);1H. The van der Waals surface area contributed by atoms with Crippen LogP contribution in [-0.4, -0.2) is 27.7 Å². The molecule has 0 aliphatic rings. The van der Waals surface area contributed by atoms with Crippen LogP contribution < -0.4 is 0 Å². The first-order valence-electron chi connectivity index (χ1n) is 3.52. The van der Waals surface area contributed by atoms with Crippen LogP contribution in [0.4, 0.5) is 0 Å². The van der Waals surface area contributed by atoms with Crippen LogP contribution in [-0.2, 0) is 9.53 Å². The quantitative estimate of drug-likeness (QED) is 0.771. The van der Waals surface area contributed by atoms with Gasteiger partial charge in [-0.2, -0.15) is 0 Å². The lowest BCUT2D eigenvalue weighted by Gasteiger charge is -2.07. The number of aliphatic carboxylic acids is 1. The number of H-pyrrole nitrogens is 1. The largest absolute Gasteiger partial charge is 0.480 e. The van der Waals surface area contributed by atoms with Crippen molar-refractivity contribution >= 4 is 18.4 Å². The van der Waals surface area contributed by atoms with E-state index in [4.69, 9.17) is 9.84 Å². The minimum absolute atomic E-state index is 0. The first-order chi connectivity index (χ1) is 5.70. The van der Waals surface area contributed by atoms with E-state index in [0.29, 0.717) is 0 Å². The molecule has 0 fully saturated rings. The van der Waals surface area contributed by atoms with Gasteiger partial charge >= 0.3 is 5.97 Å². The molecule has 0 saturated heterocycles. The van der Waals surface area contributed by atoms with Gasteiger partial charge in [-0.15, -0.1) is 12.4 Å². The van der Waals surface area contributed by atoms with Crippen molar-refractivity contribution < 1.29 is 14.6 Å². The van der Waals surface area contributed by atoms with Crippen LogP contribution in [0, 0.1) is 0 Å². The van der Waals surface area contributed by atoms with Gasteiger partial charge in [0.05, 0.1) is 24.3 Å². The molecule has 0 radical (unpaired) electrons. The van der Waals surface area contributed by atoms with Crippen molar-refractivity contribution in [2.24, 2.45) is 0 Å². The number of ether oxygens (including phenoxy) is 1. The summed E-state index contributed by atoms with van der Waals surface area (Å²) < 4.78 is 4.98. The second-order valence-electron chi connectivity index (χ2n) is 2.35. The average Bonchev–Trinajstić information content (AvgIpc) is 2.51. The number of halogens is 1. The predicted molar refractivity (Wildman–Crippen MR) is 47.8 cm³/mol. The van der Waals surface area contributed by atoms with Gasteiger partial charge in [0.1, 0.15) is 6.61 Å². The molecule has 1 atom stereocenters. The smallest absolute Gasteiger partial charge is 0.329 e. The molecule has 0 saturated carbocycles. The van der Waals surface area contributed by atoms with Crippen molar-refractivity contribution in [1.82, 2.24) is 9.97 Å². The van der Waals surface area contributed by atoms with E-state index < -0.39 is 5.97 Å². The second kappa shape index (κ2) is 5.55. The Morgan fingerprint density at radius 1 is 1.85 bits per heavy atom. The fourth-order valence-corrected chi connectivity index (χ4v) is 0.775. The van der Waals surface area contributed by atoms with Gasteiger partial charge in [0, 0.05) is 0 Å². The Hall–Kier alpha value is -1.07. The highest BCUT2D eigenvalue weighted by Gasteiger charge is 2.08. The zero-order valence-electron chi connectivity index (χ0n) is 7.06. The Kier molecular flexibility index (Phi) is 5.10. The SMILES string of the molecule is CC(OCC(=O)O)c1cnc[nH]1.Cl. The second-order valence-corrected chi connectivity index (χ2v) is 2.35. The summed E-state index contributed by atoms with van der Waals surface area (Å²) in [5.41, 5.74) is 0.774. The molecule has 0 spiro atoms. The molecule has 0 bridgehead atoms. The predicted octanol–water partition coefficient (Wildman–Crippen LogP) is 0.994. The molecule has 1 aromatic heterocycles. The van der Waals surface area contributed by atoms with Gasteiger partial charge < -0.3 is 14.8 Å². The van der Waals surface area contributed by atoms with E-state index in [1.165, 1.54) is 6.33 Å². The number of hydrogen-bond acceptors (Lipinski definition) is 3. The van der Waals surface area contributed by atoms with Crippen molar-refractivity contribution in [1.29, 1.82) is 0 Å². The minimum Gasteiger partial charge on any atom is -0.480 e. The number of nitrogens with one attached hydrogen (secondary N) is 1. The van der Waals surface area contributed by atoms with Crippen LogP contribution in [0.3, 0.4) is 0 Å². The lowest BCUT2D eigenvalue weighted by molar-refractivity contribution is -0.144. The summed E-state index contributed by atoms with van der Waals surface area (Å²) in [4.78, 5) is 16.7. The molecule has 0 aliphatic heterocycles. The van der Waals surface area contributed by atoms with Gasteiger partial charge in [-0.25, -0.2) is 9.78 Å². The lowest BCUT2D eigenvalue weighted by Crippen LogP contribution is -2.10. The third-order valence-corrected chi connectivity index (χ3v) is 1.41. The maximum atomic E-state index is 10.1. The van der Waals surface area contributed by atoms with E-state index in [0.717, 1.165) is 5.69 Å². The topological polar surface area (TPSA) is 75.2 Å². The molecule has 6 heteroatoms. The van der Waals surface area contributed by atoms with Crippen LogP contribution >= 0.6 is 12.4 Å². The normalized spacial score (nSPS) is 11.8. The molecule has 0 amide bonds. The third-order valence-electron chi connectivity index (χ3n) is 1.41. The fraction of sp³-hybridized carbons (Fsp3) is 0.429. The first kappa shape index (κ1) is 11.9. The number of carboxylic acid groups (broad SMARTS) is 1. The van der Waals surface area contributed by atoms with Crippen molar-refractivity contribution in [3.63, 3.8) is 0 Å². The highest BCUT2D eigenvalue weighted by molar-refractivity contribution is 5.85. The van der Waals surface area contributed by atoms with Gasteiger partial charge in [-0.1, -0.05) is 0 Å². The summed E-state index contributed by atoms with van der Waals surface area (Å²) in [6, 6.07) is 0. The molecule has 1 heterocycles. The van der Waals surface area contributed by atoms with Crippen molar-refractivity contribution in [2.75, 3.05) is 6.61 Å². The van der Waals surface area contributed by atoms with Crippen molar-refractivity contribution in [3.8, 4) is 0 Å². The van der Waals surface area contributed by atoms with Crippen molar-refractivity contribution in [2.45, 2.75) is 13.0 Å².